The Balaban J connectivity index is 1.77. The molecule has 0 aliphatic heterocycles. The van der Waals surface area contributed by atoms with Gasteiger partial charge in [0.05, 0.1) is 7.11 Å². The van der Waals surface area contributed by atoms with Crippen molar-refractivity contribution in [3.8, 4) is 5.75 Å². The van der Waals surface area contributed by atoms with Crippen LogP contribution in [0.4, 0.5) is 0 Å². The lowest BCUT2D eigenvalue weighted by Crippen LogP contribution is -2.33. The van der Waals surface area contributed by atoms with Gasteiger partial charge in [-0.2, -0.15) is 0 Å². The Morgan fingerprint density at radius 2 is 2.16 bits per heavy atom. The van der Waals surface area contributed by atoms with Gasteiger partial charge in [-0.3, -0.25) is 4.79 Å². The van der Waals surface area contributed by atoms with E-state index in [1.54, 1.807) is 7.11 Å². The van der Waals surface area contributed by atoms with Gasteiger partial charge in [0.2, 0.25) is 5.91 Å². The summed E-state index contributed by atoms with van der Waals surface area (Å²) < 4.78 is 5.27. The van der Waals surface area contributed by atoms with Gasteiger partial charge < -0.3 is 15.8 Å². The van der Waals surface area contributed by atoms with Crippen LogP contribution >= 0.6 is 0 Å². The van der Waals surface area contributed by atoms with Crippen molar-refractivity contribution < 1.29 is 9.53 Å². The fourth-order valence-corrected chi connectivity index (χ4v) is 2.16. The number of benzene rings is 1. The molecule has 1 saturated carbocycles. The smallest absolute Gasteiger partial charge is 0.220 e. The number of hydrogen-bond donors (Lipinski definition) is 2. The van der Waals surface area contributed by atoms with Gasteiger partial charge in [0.1, 0.15) is 5.75 Å². The maximum absolute atomic E-state index is 11.8. The Labute approximate surface area is 114 Å². The van der Waals surface area contributed by atoms with E-state index in [2.05, 4.69) is 5.32 Å². The predicted molar refractivity (Wildman–Crippen MR) is 75.0 cm³/mol. The lowest BCUT2D eigenvalue weighted by atomic mass is 10.1. The summed E-state index contributed by atoms with van der Waals surface area (Å²) in [5.41, 5.74) is 6.95. The molecule has 0 spiro atoms. The molecule has 1 aliphatic carbocycles. The molecule has 0 heterocycles. The van der Waals surface area contributed by atoms with Crippen molar-refractivity contribution in [2.45, 2.75) is 25.7 Å². The van der Waals surface area contributed by atoms with Gasteiger partial charge in [-0.05, 0) is 42.9 Å². The molecule has 0 aromatic heterocycles. The van der Waals surface area contributed by atoms with Crippen molar-refractivity contribution in [2.75, 3.05) is 20.2 Å². The molecule has 4 nitrogen and oxygen atoms in total. The molecule has 0 atom stereocenters. The molecule has 4 heteroatoms. The SMILES string of the molecule is COc1ccccc1CCC(=O)NCC1(CN)CC1. The Morgan fingerprint density at radius 3 is 2.79 bits per heavy atom. The number of para-hydroxylation sites is 1. The molecule has 1 aromatic carbocycles. The van der Waals surface area contributed by atoms with Crippen molar-refractivity contribution in [1.29, 1.82) is 0 Å². The van der Waals surface area contributed by atoms with E-state index >= 15 is 0 Å². The number of carbonyl (C=O) groups is 1. The third-order valence-electron chi connectivity index (χ3n) is 3.86. The highest BCUT2D eigenvalue weighted by Crippen LogP contribution is 2.43. The van der Waals surface area contributed by atoms with Crippen molar-refractivity contribution in [3.05, 3.63) is 29.8 Å². The van der Waals surface area contributed by atoms with Crippen LogP contribution in [0.3, 0.4) is 0 Å². The standard InChI is InChI=1S/C15H22N2O2/c1-19-13-5-3-2-4-12(13)6-7-14(18)17-11-15(10-16)8-9-15/h2-5H,6-11,16H2,1H3,(H,17,18). The van der Waals surface area contributed by atoms with Crippen LogP contribution in [-0.2, 0) is 11.2 Å². The van der Waals surface area contributed by atoms with E-state index in [0.717, 1.165) is 24.2 Å². The Hall–Kier alpha value is -1.55. The molecule has 0 saturated heterocycles. The first kappa shape index (κ1) is 13.9. The highest BCUT2D eigenvalue weighted by atomic mass is 16.5. The van der Waals surface area contributed by atoms with Gasteiger partial charge in [-0.1, -0.05) is 18.2 Å². The lowest BCUT2D eigenvalue weighted by Gasteiger charge is -2.13. The monoisotopic (exact) mass is 262 g/mol. The van der Waals surface area contributed by atoms with E-state index in [9.17, 15) is 4.79 Å². The van der Waals surface area contributed by atoms with Crippen LogP contribution in [0.5, 0.6) is 5.75 Å². The van der Waals surface area contributed by atoms with Crippen LogP contribution in [0.15, 0.2) is 24.3 Å². The summed E-state index contributed by atoms with van der Waals surface area (Å²) in [6.45, 7) is 1.38. The molecule has 0 radical (unpaired) electrons. The normalized spacial score (nSPS) is 15.9. The molecular formula is C15H22N2O2. The van der Waals surface area contributed by atoms with Crippen LogP contribution in [0, 0.1) is 5.41 Å². The van der Waals surface area contributed by atoms with Crippen LogP contribution in [0.25, 0.3) is 0 Å². The number of aryl methyl sites for hydroxylation is 1. The van der Waals surface area contributed by atoms with Gasteiger partial charge in [0.25, 0.3) is 0 Å². The summed E-state index contributed by atoms with van der Waals surface area (Å²) in [4.78, 5) is 11.8. The molecule has 0 unspecified atom stereocenters. The zero-order chi connectivity index (χ0) is 13.7. The van der Waals surface area contributed by atoms with E-state index in [0.29, 0.717) is 25.9 Å². The Morgan fingerprint density at radius 1 is 1.42 bits per heavy atom. The van der Waals surface area contributed by atoms with E-state index in [-0.39, 0.29) is 11.3 Å². The van der Waals surface area contributed by atoms with Crippen LogP contribution in [0.2, 0.25) is 0 Å². The zero-order valence-corrected chi connectivity index (χ0v) is 11.4. The minimum Gasteiger partial charge on any atom is -0.496 e. The van der Waals surface area contributed by atoms with E-state index in [1.807, 2.05) is 24.3 Å². The van der Waals surface area contributed by atoms with Gasteiger partial charge >= 0.3 is 0 Å². The fourth-order valence-electron chi connectivity index (χ4n) is 2.16. The van der Waals surface area contributed by atoms with Gasteiger partial charge in [-0.15, -0.1) is 0 Å². The summed E-state index contributed by atoms with van der Waals surface area (Å²) in [6.07, 6.45) is 3.46. The van der Waals surface area contributed by atoms with Crippen molar-refractivity contribution >= 4 is 5.91 Å². The molecule has 0 bridgehead atoms. The van der Waals surface area contributed by atoms with Crippen molar-refractivity contribution in [3.63, 3.8) is 0 Å². The molecule has 2 rings (SSSR count). The minimum atomic E-state index is 0.0885. The highest BCUT2D eigenvalue weighted by Gasteiger charge is 2.41. The largest absolute Gasteiger partial charge is 0.496 e. The van der Waals surface area contributed by atoms with Gasteiger partial charge in [-0.25, -0.2) is 0 Å². The maximum atomic E-state index is 11.8. The van der Waals surface area contributed by atoms with Crippen LogP contribution < -0.4 is 15.8 Å². The fraction of sp³-hybridized carbons (Fsp3) is 0.533. The molecule has 104 valence electrons. The van der Waals surface area contributed by atoms with E-state index < -0.39 is 0 Å². The predicted octanol–water partition coefficient (Wildman–Crippen LogP) is 1.48. The molecule has 3 N–H and O–H groups in total. The number of nitrogens with two attached hydrogens (primary N) is 1. The second kappa shape index (κ2) is 6.06. The molecule has 1 amide bonds. The number of rotatable bonds is 7. The zero-order valence-electron chi connectivity index (χ0n) is 11.4. The Bertz CT molecular complexity index is 442. The van der Waals surface area contributed by atoms with E-state index in [1.165, 1.54) is 0 Å². The first-order valence-electron chi connectivity index (χ1n) is 6.78. The maximum Gasteiger partial charge on any atom is 0.220 e. The summed E-state index contributed by atoms with van der Waals surface area (Å²) in [7, 11) is 1.65. The van der Waals surface area contributed by atoms with Crippen molar-refractivity contribution in [2.24, 2.45) is 11.1 Å². The van der Waals surface area contributed by atoms with Crippen LogP contribution in [-0.4, -0.2) is 26.1 Å². The summed E-state index contributed by atoms with van der Waals surface area (Å²) in [5, 5.41) is 2.98. The minimum absolute atomic E-state index is 0.0885. The summed E-state index contributed by atoms with van der Waals surface area (Å²) >= 11 is 0. The van der Waals surface area contributed by atoms with Crippen molar-refractivity contribution in [1.82, 2.24) is 5.32 Å². The van der Waals surface area contributed by atoms with E-state index in [4.69, 9.17) is 10.5 Å². The average molecular weight is 262 g/mol. The second-order valence-corrected chi connectivity index (χ2v) is 5.29. The summed E-state index contributed by atoms with van der Waals surface area (Å²) in [5.74, 6) is 0.932. The summed E-state index contributed by atoms with van der Waals surface area (Å²) in [6, 6.07) is 7.80. The van der Waals surface area contributed by atoms with Gasteiger partial charge in [0.15, 0.2) is 0 Å². The molecule has 19 heavy (non-hydrogen) atoms. The number of carbonyl (C=O) groups excluding carboxylic acids is 1. The molecular weight excluding hydrogens is 240 g/mol. The number of amides is 1. The molecule has 1 aromatic rings. The number of ether oxygens (including phenoxy) is 1. The number of hydrogen-bond acceptors (Lipinski definition) is 3. The number of nitrogens with one attached hydrogen (secondary N) is 1. The average Bonchev–Trinajstić information content (AvgIpc) is 3.24. The third-order valence-corrected chi connectivity index (χ3v) is 3.86. The van der Waals surface area contributed by atoms with Gasteiger partial charge in [0, 0.05) is 13.0 Å². The molecule has 1 aliphatic rings. The number of methoxy groups -OCH3 is 1. The first-order valence-corrected chi connectivity index (χ1v) is 6.78. The molecule has 1 fully saturated rings. The second-order valence-electron chi connectivity index (χ2n) is 5.29. The first-order chi connectivity index (χ1) is 9.19. The highest BCUT2D eigenvalue weighted by molar-refractivity contribution is 5.76. The quantitative estimate of drug-likeness (QED) is 0.782. The Kier molecular flexibility index (Phi) is 4.43. The lowest BCUT2D eigenvalue weighted by molar-refractivity contribution is -0.121. The van der Waals surface area contributed by atoms with Crippen LogP contribution in [0.1, 0.15) is 24.8 Å². The third kappa shape index (κ3) is 3.70. The topological polar surface area (TPSA) is 64.3 Å².